The molecule has 0 bridgehead atoms. The fraction of sp³-hybridized carbons (Fsp3) is 0. The van der Waals surface area contributed by atoms with Crippen LogP contribution in [0.4, 0.5) is 17.5 Å². The van der Waals surface area contributed by atoms with Crippen LogP contribution in [0.25, 0.3) is 10.9 Å². The van der Waals surface area contributed by atoms with Crippen molar-refractivity contribution in [3.05, 3.63) is 52.0 Å². The molecule has 1 aromatic heterocycles. The summed E-state index contributed by atoms with van der Waals surface area (Å²) in [7, 11) is 0. The molecule has 0 aliphatic heterocycles. The zero-order chi connectivity index (χ0) is 14.8. The predicted molar refractivity (Wildman–Crippen MR) is 89.8 cm³/mol. The number of anilines is 3. The van der Waals surface area contributed by atoms with Gasteiger partial charge in [-0.25, -0.2) is 10.8 Å². The highest BCUT2D eigenvalue weighted by atomic mass is 79.9. The molecule has 0 atom stereocenters. The van der Waals surface area contributed by atoms with Crippen molar-refractivity contribution in [1.82, 2.24) is 9.97 Å². The molecule has 106 valence electrons. The Kier molecular flexibility index (Phi) is 3.92. The number of rotatable bonds is 3. The Balaban J connectivity index is 2.13. The largest absolute Gasteiger partial charge is 0.339 e. The standard InChI is InChI=1S/C14H11BrClN5/c15-12-9(16)5-3-7-11(12)18-13-8-4-1-2-6-10(8)19-14(20-13)21-17/h1-7H,17H2,(H2,18,19,20,21). The summed E-state index contributed by atoms with van der Waals surface area (Å²) < 4.78 is 0.775. The van der Waals surface area contributed by atoms with E-state index < -0.39 is 0 Å². The molecule has 0 saturated heterocycles. The first-order valence-electron chi connectivity index (χ1n) is 6.13. The highest BCUT2D eigenvalue weighted by Crippen LogP contribution is 2.33. The fourth-order valence-corrected chi connectivity index (χ4v) is 2.50. The molecule has 0 radical (unpaired) electrons. The molecule has 0 aliphatic rings. The van der Waals surface area contributed by atoms with Crippen molar-refractivity contribution in [3.63, 3.8) is 0 Å². The second kappa shape index (κ2) is 5.85. The van der Waals surface area contributed by atoms with Gasteiger partial charge in [-0.2, -0.15) is 4.98 Å². The first kappa shape index (κ1) is 14.1. The van der Waals surface area contributed by atoms with Crippen molar-refractivity contribution in [2.45, 2.75) is 0 Å². The third-order valence-corrected chi connectivity index (χ3v) is 4.33. The number of nitrogens with zero attached hydrogens (tertiary/aromatic N) is 2. The molecule has 0 fully saturated rings. The quantitative estimate of drug-likeness (QED) is 0.482. The van der Waals surface area contributed by atoms with E-state index in [9.17, 15) is 0 Å². The van der Waals surface area contributed by atoms with E-state index in [1.165, 1.54) is 0 Å². The van der Waals surface area contributed by atoms with Crippen LogP contribution in [0.1, 0.15) is 0 Å². The van der Waals surface area contributed by atoms with E-state index in [4.69, 9.17) is 17.4 Å². The fourth-order valence-electron chi connectivity index (χ4n) is 1.96. The SMILES string of the molecule is NNc1nc(Nc2cccc(Cl)c2Br)c2ccccc2n1. The number of nitrogens with two attached hydrogens (primary N) is 1. The number of aromatic nitrogens is 2. The van der Waals surface area contributed by atoms with Gasteiger partial charge >= 0.3 is 0 Å². The maximum absolute atomic E-state index is 6.10. The van der Waals surface area contributed by atoms with Crippen LogP contribution in [0.3, 0.4) is 0 Å². The number of para-hydroxylation sites is 1. The number of nitrogens with one attached hydrogen (secondary N) is 2. The molecule has 5 nitrogen and oxygen atoms in total. The summed E-state index contributed by atoms with van der Waals surface area (Å²) in [6.07, 6.45) is 0. The first-order valence-corrected chi connectivity index (χ1v) is 7.30. The summed E-state index contributed by atoms with van der Waals surface area (Å²) in [5, 5.41) is 4.77. The van der Waals surface area contributed by atoms with Gasteiger partial charge in [-0.05, 0) is 40.2 Å². The lowest BCUT2D eigenvalue weighted by atomic mass is 10.2. The van der Waals surface area contributed by atoms with Crippen LogP contribution in [-0.2, 0) is 0 Å². The Labute approximate surface area is 134 Å². The molecule has 3 aromatic rings. The lowest BCUT2D eigenvalue weighted by molar-refractivity contribution is 1.15. The molecule has 0 unspecified atom stereocenters. The van der Waals surface area contributed by atoms with Gasteiger partial charge in [0.05, 0.1) is 20.7 Å². The minimum absolute atomic E-state index is 0.342. The van der Waals surface area contributed by atoms with Crippen LogP contribution in [0.2, 0.25) is 5.02 Å². The maximum atomic E-state index is 6.10. The molecule has 21 heavy (non-hydrogen) atoms. The van der Waals surface area contributed by atoms with Crippen LogP contribution in [0, 0.1) is 0 Å². The summed E-state index contributed by atoms with van der Waals surface area (Å²) in [5.74, 6) is 6.42. The van der Waals surface area contributed by atoms with E-state index in [0.717, 1.165) is 21.1 Å². The Morgan fingerprint density at radius 3 is 2.67 bits per heavy atom. The van der Waals surface area contributed by atoms with Crippen LogP contribution in [-0.4, -0.2) is 9.97 Å². The van der Waals surface area contributed by atoms with Gasteiger partial charge in [0.15, 0.2) is 0 Å². The summed E-state index contributed by atoms with van der Waals surface area (Å²) in [6.45, 7) is 0. The average molecular weight is 365 g/mol. The van der Waals surface area contributed by atoms with Crippen LogP contribution >= 0.6 is 27.5 Å². The van der Waals surface area contributed by atoms with Crippen molar-refractivity contribution < 1.29 is 0 Å². The van der Waals surface area contributed by atoms with Gasteiger partial charge in [-0.3, -0.25) is 5.43 Å². The van der Waals surface area contributed by atoms with E-state index in [1.807, 2.05) is 42.5 Å². The minimum atomic E-state index is 0.342. The van der Waals surface area contributed by atoms with Gasteiger partial charge in [-0.1, -0.05) is 29.8 Å². The van der Waals surface area contributed by atoms with E-state index in [1.54, 1.807) is 0 Å². The summed E-state index contributed by atoms with van der Waals surface area (Å²) in [5.41, 5.74) is 4.08. The van der Waals surface area contributed by atoms with Crippen molar-refractivity contribution in [2.75, 3.05) is 10.7 Å². The Hall–Kier alpha value is -1.89. The Bertz CT molecular complexity index is 808. The number of halogens is 2. The third kappa shape index (κ3) is 2.78. The zero-order valence-electron chi connectivity index (χ0n) is 10.8. The van der Waals surface area contributed by atoms with E-state index in [-0.39, 0.29) is 0 Å². The molecule has 2 aromatic carbocycles. The molecule has 7 heteroatoms. The predicted octanol–water partition coefficient (Wildman–Crippen LogP) is 4.07. The number of hydrogen-bond donors (Lipinski definition) is 3. The normalized spacial score (nSPS) is 10.6. The molecule has 0 spiro atoms. The van der Waals surface area contributed by atoms with E-state index >= 15 is 0 Å². The van der Waals surface area contributed by atoms with Crippen LogP contribution in [0.5, 0.6) is 0 Å². The molecule has 0 saturated carbocycles. The van der Waals surface area contributed by atoms with Gasteiger partial charge in [-0.15, -0.1) is 0 Å². The second-order valence-corrected chi connectivity index (χ2v) is 5.48. The highest BCUT2D eigenvalue weighted by molar-refractivity contribution is 9.10. The molecule has 4 N–H and O–H groups in total. The summed E-state index contributed by atoms with van der Waals surface area (Å²) >= 11 is 9.56. The van der Waals surface area contributed by atoms with Gasteiger partial charge in [0.25, 0.3) is 0 Å². The van der Waals surface area contributed by atoms with Crippen molar-refractivity contribution in [3.8, 4) is 0 Å². The smallest absolute Gasteiger partial charge is 0.239 e. The van der Waals surface area contributed by atoms with Crippen LogP contribution < -0.4 is 16.6 Å². The van der Waals surface area contributed by atoms with Gasteiger partial charge in [0, 0.05) is 5.39 Å². The second-order valence-electron chi connectivity index (χ2n) is 4.28. The van der Waals surface area contributed by atoms with Gasteiger partial charge in [0.1, 0.15) is 5.82 Å². The lowest BCUT2D eigenvalue weighted by Gasteiger charge is -2.12. The number of hydrazine groups is 1. The first-order chi connectivity index (χ1) is 10.2. The highest BCUT2D eigenvalue weighted by Gasteiger charge is 2.10. The number of nitrogen functional groups attached to an aromatic ring is 1. The van der Waals surface area contributed by atoms with Crippen molar-refractivity contribution >= 4 is 55.9 Å². The third-order valence-electron chi connectivity index (χ3n) is 2.94. The molecule has 1 heterocycles. The number of fused-ring (bicyclic) bond motifs is 1. The molecule has 0 aliphatic carbocycles. The summed E-state index contributed by atoms with van der Waals surface area (Å²) in [6, 6.07) is 13.3. The van der Waals surface area contributed by atoms with E-state index in [0.29, 0.717) is 16.8 Å². The Morgan fingerprint density at radius 2 is 1.86 bits per heavy atom. The lowest BCUT2D eigenvalue weighted by Crippen LogP contribution is -2.11. The number of benzene rings is 2. The topological polar surface area (TPSA) is 75.9 Å². The minimum Gasteiger partial charge on any atom is -0.339 e. The average Bonchev–Trinajstić information content (AvgIpc) is 2.51. The van der Waals surface area contributed by atoms with Crippen molar-refractivity contribution in [1.29, 1.82) is 0 Å². The monoisotopic (exact) mass is 363 g/mol. The molecular formula is C14H11BrClN5. The van der Waals surface area contributed by atoms with Crippen molar-refractivity contribution in [2.24, 2.45) is 5.84 Å². The molecular weight excluding hydrogens is 354 g/mol. The van der Waals surface area contributed by atoms with Gasteiger partial charge < -0.3 is 5.32 Å². The van der Waals surface area contributed by atoms with E-state index in [2.05, 4.69) is 36.6 Å². The van der Waals surface area contributed by atoms with Gasteiger partial charge in [0.2, 0.25) is 5.95 Å². The molecule has 0 amide bonds. The molecule has 3 rings (SSSR count). The summed E-state index contributed by atoms with van der Waals surface area (Å²) in [4.78, 5) is 8.67. The maximum Gasteiger partial charge on any atom is 0.239 e. The number of hydrogen-bond acceptors (Lipinski definition) is 5. The van der Waals surface area contributed by atoms with Crippen LogP contribution in [0.15, 0.2) is 46.9 Å². The Morgan fingerprint density at radius 1 is 1.05 bits per heavy atom. The zero-order valence-corrected chi connectivity index (χ0v) is 13.1.